The maximum atomic E-state index is 14.4. The largest absolute Gasteiger partial charge is 0.508 e. The fraction of sp³-hybridized carbons (Fsp3) is 0.508. The Balaban J connectivity index is 1.28. The molecule has 3 aromatic carbocycles. The molecule has 0 aliphatic carbocycles. The monoisotopic (exact) mass is 1290 g/mol. The number of nitrogens with one attached hydrogen (secondary N) is 7. The third-order valence-corrected chi connectivity index (χ3v) is 14.8. The van der Waals surface area contributed by atoms with Crippen molar-refractivity contribution in [1.82, 2.24) is 66.2 Å². The Hall–Kier alpha value is -9.30. The van der Waals surface area contributed by atoms with Gasteiger partial charge in [0.1, 0.15) is 18.0 Å². The van der Waals surface area contributed by atoms with Crippen LogP contribution in [0.1, 0.15) is 55.2 Å². The van der Waals surface area contributed by atoms with Gasteiger partial charge in [-0.3, -0.25) is 67.7 Å². The van der Waals surface area contributed by atoms with Crippen LogP contribution in [0.4, 0.5) is 10.5 Å². The summed E-state index contributed by atoms with van der Waals surface area (Å²) in [7, 11) is 4.36. The molecule has 31 nitrogen and oxygen atoms in total. The number of amides is 8. The van der Waals surface area contributed by atoms with Crippen molar-refractivity contribution in [3.8, 4) is 5.75 Å². The molecule has 0 spiro atoms. The highest BCUT2D eigenvalue weighted by molar-refractivity contribution is 5.93. The molecule has 13 N–H and O–H groups in total. The van der Waals surface area contributed by atoms with Crippen molar-refractivity contribution >= 4 is 77.3 Å². The number of carbonyl (C=O) groups excluding carboxylic acids is 8. The molecule has 1 saturated heterocycles. The SMILES string of the molecule is CCC(=O)NCCNC(=O)/N=C(/N)NCCC[C@@H](NC(=O)[C@@H](c1ccccc1)c1ccc(NCCCNC(=O)CN(C)C(=O)CN(C)C(=O)CN(C)C(C=O)N2CCN(CC(=O)O)CCN(CC(=O)O)CCN(CC(=O)O)CC2)cc1)C(=O)NCc1ccc(O)cc1. The molecule has 1 aliphatic heterocycles. The Morgan fingerprint density at radius 1 is 0.587 bits per heavy atom. The van der Waals surface area contributed by atoms with E-state index >= 15 is 0 Å². The van der Waals surface area contributed by atoms with Gasteiger partial charge < -0.3 is 78.0 Å². The number of urea groups is 1. The van der Waals surface area contributed by atoms with Gasteiger partial charge in [-0.1, -0.05) is 61.5 Å². The minimum absolute atomic E-state index is 0.0659. The van der Waals surface area contributed by atoms with Crippen molar-refractivity contribution < 1.29 is 73.2 Å². The second-order valence-electron chi connectivity index (χ2n) is 22.1. The van der Waals surface area contributed by atoms with E-state index in [4.69, 9.17) is 5.73 Å². The number of guanidine groups is 1. The van der Waals surface area contributed by atoms with Gasteiger partial charge in [-0.05, 0) is 67.3 Å². The summed E-state index contributed by atoms with van der Waals surface area (Å²) in [6.45, 7) is 2.32. The first-order valence-electron chi connectivity index (χ1n) is 30.3. The standard InChI is InChI=1S/C61H90N16O15/c1-5-49(80)65-25-26-67-61(92)70-60(62)66-22-9-13-48(58(90)68-35-43-14-20-47(79)21-15-43)69-59(91)57(44-11-7-6-8-12-44)45-16-18-46(19-17-45)63-23-10-24-64-50(81)36-72(3)53(83)38-73(4)52(82)37-71(2)51(42-78)77-33-31-75(40-55(86)87)29-27-74(39-54(84)85)28-30-76(32-34-77)41-56(88)89/h6-8,11-12,14-21,42,48,51,57,63,79H,5,9-10,13,22-41H2,1-4H3,(H,64,81)(H,65,80)(H,68,90)(H,69,91)(H,84,85)(H,86,87)(H,88,89)(H4,62,66,67,70,92)/t48-,51?,57+/m1/s1. The third-order valence-electron chi connectivity index (χ3n) is 14.8. The van der Waals surface area contributed by atoms with Crippen LogP contribution in [0.15, 0.2) is 83.9 Å². The van der Waals surface area contributed by atoms with Gasteiger partial charge in [0, 0.05) is 118 Å². The number of hydrogen-bond acceptors (Lipinski definition) is 18. The molecular weight excluding hydrogens is 1200 g/mol. The van der Waals surface area contributed by atoms with Crippen LogP contribution in [-0.2, 0) is 54.5 Å². The number of phenols is 1. The van der Waals surface area contributed by atoms with E-state index in [1.165, 1.54) is 48.0 Å². The van der Waals surface area contributed by atoms with Crippen molar-refractivity contribution in [3.05, 3.63) is 95.6 Å². The number of aromatic hydroxyl groups is 1. The van der Waals surface area contributed by atoms with Crippen LogP contribution in [-0.4, -0.2) is 284 Å². The zero-order valence-electron chi connectivity index (χ0n) is 52.7. The Labute approximate surface area is 535 Å². The Morgan fingerprint density at radius 3 is 1.67 bits per heavy atom. The smallest absolute Gasteiger partial charge is 0.344 e. The number of anilines is 1. The molecule has 92 heavy (non-hydrogen) atoms. The second kappa shape index (κ2) is 40.4. The van der Waals surface area contributed by atoms with Crippen LogP contribution in [0.2, 0.25) is 0 Å². The number of hydrogen-bond donors (Lipinski definition) is 12. The van der Waals surface area contributed by atoms with Gasteiger partial charge in [0.2, 0.25) is 35.4 Å². The van der Waals surface area contributed by atoms with Crippen LogP contribution in [0.5, 0.6) is 5.75 Å². The zero-order valence-corrected chi connectivity index (χ0v) is 52.7. The molecule has 4 rings (SSSR count). The topological polar surface area (TPSA) is 414 Å². The number of benzene rings is 3. The first kappa shape index (κ1) is 75.2. The molecule has 3 atom stereocenters. The van der Waals surface area contributed by atoms with Gasteiger partial charge in [-0.25, -0.2) is 4.79 Å². The van der Waals surface area contributed by atoms with E-state index in [1.54, 1.807) is 62.9 Å². The number of aliphatic imine (C=N–C) groups is 1. The number of carbonyl (C=O) groups is 11. The predicted octanol–water partition coefficient (Wildman–Crippen LogP) is -1.99. The van der Waals surface area contributed by atoms with Gasteiger partial charge in [0.05, 0.1) is 45.2 Å². The summed E-state index contributed by atoms with van der Waals surface area (Å²) in [6.07, 6.45) is 0.876. The highest BCUT2D eigenvalue weighted by Gasteiger charge is 2.30. The quantitative estimate of drug-likeness (QED) is 0.0131. The van der Waals surface area contributed by atoms with Crippen molar-refractivity contribution in [2.24, 2.45) is 10.7 Å². The molecule has 1 aliphatic rings. The number of carboxylic acid groups (broad SMARTS) is 3. The maximum Gasteiger partial charge on any atom is 0.344 e. The van der Waals surface area contributed by atoms with Gasteiger partial charge in [0.25, 0.3) is 0 Å². The fourth-order valence-electron chi connectivity index (χ4n) is 9.67. The van der Waals surface area contributed by atoms with Gasteiger partial charge in [-0.2, -0.15) is 4.99 Å². The summed E-state index contributed by atoms with van der Waals surface area (Å²) in [5, 5.41) is 58.3. The van der Waals surface area contributed by atoms with E-state index in [0.29, 0.717) is 48.8 Å². The minimum atomic E-state index is -1.11. The maximum absolute atomic E-state index is 14.4. The fourth-order valence-corrected chi connectivity index (χ4v) is 9.67. The summed E-state index contributed by atoms with van der Waals surface area (Å²) in [6, 6.07) is 20.9. The second-order valence-corrected chi connectivity index (χ2v) is 22.1. The average molecular weight is 1290 g/mol. The van der Waals surface area contributed by atoms with Gasteiger partial charge in [-0.15, -0.1) is 0 Å². The normalized spacial score (nSPS) is 14.8. The number of rotatable bonds is 35. The summed E-state index contributed by atoms with van der Waals surface area (Å²) in [4.78, 5) is 154. The third kappa shape index (κ3) is 28.7. The molecule has 1 heterocycles. The van der Waals surface area contributed by atoms with E-state index in [9.17, 15) is 73.2 Å². The molecule has 0 aromatic heterocycles. The number of phenolic OH excluding ortho intramolecular Hbond substituents is 1. The Morgan fingerprint density at radius 2 is 1.11 bits per heavy atom. The minimum Gasteiger partial charge on any atom is -0.508 e. The molecule has 1 unspecified atom stereocenters. The van der Waals surface area contributed by atoms with Crippen molar-refractivity contribution in [1.29, 1.82) is 0 Å². The first-order chi connectivity index (χ1) is 43.9. The van der Waals surface area contributed by atoms with Crippen molar-refractivity contribution in [2.45, 2.75) is 57.3 Å². The lowest BCUT2D eigenvalue weighted by molar-refractivity contribution is -0.142. The predicted molar refractivity (Wildman–Crippen MR) is 340 cm³/mol. The number of aliphatic carboxylic acids is 3. The van der Waals surface area contributed by atoms with Gasteiger partial charge in [0.15, 0.2) is 12.2 Å². The van der Waals surface area contributed by atoms with Crippen LogP contribution >= 0.6 is 0 Å². The van der Waals surface area contributed by atoms with E-state index in [-0.39, 0.29) is 148 Å². The Kier molecular flexibility index (Phi) is 33.0. The van der Waals surface area contributed by atoms with Crippen LogP contribution in [0.25, 0.3) is 0 Å². The molecule has 0 radical (unpaired) electrons. The van der Waals surface area contributed by atoms with Crippen molar-refractivity contribution in [3.63, 3.8) is 0 Å². The van der Waals surface area contributed by atoms with Crippen LogP contribution in [0.3, 0.4) is 0 Å². The number of likely N-dealkylation sites (N-methyl/N-ethyl adjacent to an activating group) is 3. The molecule has 31 heteroatoms. The summed E-state index contributed by atoms with van der Waals surface area (Å²) >= 11 is 0. The van der Waals surface area contributed by atoms with Gasteiger partial charge >= 0.3 is 23.9 Å². The molecule has 3 aromatic rings. The highest BCUT2D eigenvalue weighted by Crippen LogP contribution is 2.27. The summed E-state index contributed by atoms with van der Waals surface area (Å²) in [5.41, 5.74) is 8.68. The first-order valence-corrected chi connectivity index (χ1v) is 30.3. The van der Waals surface area contributed by atoms with E-state index in [2.05, 4.69) is 42.2 Å². The van der Waals surface area contributed by atoms with E-state index < -0.39 is 71.6 Å². The highest BCUT2D eigenvalue weighted by atomic mass is 16.4. The van der Waals surface area contributed by atoms with E-state index in [1.807, 2.05) is 30.3 Å². The average Bonchev–Trinajstić information content (AvgIpc) is 1.00. The number of aldehydes is 1. The number of nitrogens with zero attached hydrogens (tertiary/aromatic N) is 8. The molecule has 0 saturated carbocycles. The lowest BCUT2D eigenvalue weighted by Gasteiger charge is -2.38. The lowest BCUT2D eigenvalue weighted by Crippen LogP contribution is -2.56. The molecule has 1 fully saturated rings. The van der Waals surface area contributed by atoms with Crippen molar-refractivity contribution in [2.75, 3.05) is 151 Å². The lowest BCUT2D eigenvalue weighted by atomic mass is 9.90. The molecule has 0 bridgehead atoms. The summed E-state index contributed by atoms with van der Waals surface area (Å²) < 4.78 is 0. The molecule has 504 valence electrons. The molecule has 8 amide bonds. The number of nitrogens with two attached hydrogens (primary N) is 1. The van der Waals surface area contributed by atoms with E-state index in [0.717, 1.165) is 5.69 Å². The number of carboxylic acids is 3. The zero-order chi connectivity index (χ0) is 67.5. The summed E-state index contributed by atoms with van der Waals surface area (Å²) in [5.74, 6) is -6.80. The molecular formula is C61H90N16O15. The van der Waals surface area contributed by atoms with Crippen LogP contribution in [0, 0.1) is 0 Å². The van der Waals surface area contributed by atoms with Crippen LogP contribution < -0.4 is 43.0 Å². The Bertz CT molecular complexity index is 2890.